The first-order valence-electron chi connectivity index (χ1n) is 8.48. The van der Waals surface area contributed by atoms with Gasteiger partial charge in [-0.25, -0.2) is 9.97 Å². The minimum Gasteiger partial charge on any atom is -0.350 e. The van der Waals surface area contributed by atoms with E-state index in [-0.39, 0.29) is 24.2 Å². The molecule has 26 heavy (non-hydrogen) atoms. The predicted molar refractivity (Wildman–Crippen MR) is 95.9 cm³/mol. The van der Waals surface area contributed by atoms with Crippen LogP contribution in [0.1, 0.15) is 53.7 Å². The van der Waals surface area contributed by atoms with Crippen molar-refractivity contribution in [2.75, 3.05) is 0 Å². The van der Waals surface area contributed by atoms with E-state index in [1.165, 1.54) is 6.92 Å². The molecule has 8 heteroatoms. The molecule has 0 aliphatic rings. The van der Waals surface area contributed by atoms with Crippen LogP contribution in [0, 0.1) is 13.8 Å². The van der Waals surface area contributed by atoms with Crippen LogP contribution in [0.15, 0.2) is 24.7 Å². The number of hydrogen-bond acceptors (Lipinski definition) is 5. The number of aromatic nitrogens is 5. The Kier molecular flexibility index (Phi) is 4.83. The highest BCUT2D eigenvalue weighted by Crippen LogP contribution is 2.20. The maximum absolute atomic E-state index is 12.3. The van der Waals surface area contributed by atoms with Gasteiger partial charge >= 0.3 is 0 Å². The lowest BCUT2D eigenvalue weighted by Gasteiger charge is -2.14. The Hall–Kier alpha value is -3.03. The third kappa shape index (κ3) is 3.49. The maximum atomic E-state index is 12.3. The molecule has 0 fully saturated rings. The molecule has 0 aliphatic carbocycles. The average Bonchev–Trinajstić information content (AvgIpc) is 3.13. The van der Waals surface area contributed by atoms with E-state index in [0.29, 0.717) is 23.6 Å². The largest absolute Gasteiger partial charge is 0.350 e. The van der Waals surface area contributed by atoms with Crippen LogP contribution in [0.2, 0.25) is 0 Å². The fraction of sp³-hybridized carbons (Fsp3) is 0.389. The summed E-state index contributed by atoms with van der Waals surface area (Å²) in [5.74, 6) is 0.493. The summed E-state index contributed by atoms with van der Waals surface area (Å²) < 4.78 is 3.56. The fourth-order valence-corrected chi connectivity index (χ4v) is 3.18. The lowest BCUT2D eigenvalue weighted by molar-refractivity contribution is -0.122. The highest BCUT2D eigenvalue weighted by molar-refractivity contribution is 5.96. The molecule has 0 aliphatic heterocycles. The summed E-state index contributed by atoms with van der Waals surface area (Å²) in [5, 5.41) is 7.30. The van der Waals surface area contributed by atoms with Gasteiger partial charge in [-0.1, -0.05) is 0 Å². The number of carbonyl (C=O) groups excluding carboxylic acids is 2. The number of ketones is 1. The molecule has 0 aromatic carbocycles. The number of imidazole rings is 1. The molecule has 0 unspecified atom stereocenters. The van der Waals surface area contributed by atoms with E-state index in [1.807, 2.05) is 43.6 Å². The number of carbonyl (C=O) groups is 2. The number of Topliss-reactive ketones (excluding diaryl/α,β-unsaturated/α-hetero) is 1. The van der Waals surface area contributed by atoms with Gasteiger partial charge in [0.25, 0.3) is 0 Å². The molecule has 3 aromatic rings. The van der Waals surface area contributed by atoms with Gasteiger partial charge in [0.15, 0.2) is 5.78 Å². The van der Waals surface area contributed by atoms with Gasteiger partial charge in [0.2, 0.25) is 11.7 Å². The van der Waals surface area contributed by atoms with Crippen LogP contribution in [-0.4, -0.2) is 35.8 Å². The monoisotopic (exact) mass is 354 g/mol. The minimum absolute atomic E-state index is 0.0108. The second kappa shape index (κ2) is 7.07. The Bertz CT molecular complexity index is 938. The second-order valence-electron chi connectivity index (χ2n) is 6.44. The van der Waals surface area contributed by atoms with E-state index in [0.717, 1.165) is 11.4 Å². The number of nitrogens with zero attached hydrogens (tertiary/aromatic N) is 5. The summed E-state index contributed by atoms with van der Waals surface area (Å²) >= 11 is 0. The van der Waals surface area contributed by atoms with Crippen LogP contribution in [0.3, 0.4) is 0 Å². The molecule has 3 heterocycles. The summed E-state index contributed by atoms with van der Waals surface area (Å²) in [5.41, 5.74) is 2.87. The van der Waals surface area contributed by atoms with E-state index in [4.69, 9.17) is 0 Å². The smallest absolute Gasteiger partial charge is 0.233 e. The highest BCUT2D eigenvalue weighted by Gasteiger charge is 2.20. The van der Waals surface area contributed by atoms with Gasteiger partial charge in [-0.05, 0) is 33.8 Å². The van der Waals surface area contributed by atoms with Gasteiger partial charge < -0.3 is 5.32 Å². The number of aryl methyl sites for hydroxylation is 1. The van der Waals surface area contributed by atoms with Crippen molar-refractivity contribution in [1.82, 2.24) is 29.5 Å². The first-order chi connectivity index (χ1) is 12.4. The number of nitrogens with one attached hydrogen (secondary N) is 1. The topological polar surface area (TPSA) is 94.2 Å². The standard InChI is InChI=1S/C18H22N6O2/c1-11(24-13(3)17(14(4)25)12(2)22-24)8-16(26)20-9-15-10-23-7-5-6-19-18(23)21-15/h5-7,10-11H,8-9H2,1-4H3,(H,20,26)/t11-/m0/s1. The molecular weight excluding hydrogens is 332 g/mol. The van der Waals surface area contributed by atoms with Crippen molar-refractivity contribution >= 4 is 17.5 Å². The first kappa shape index (κ1) is 17.8. The molecule has 0 saturated carbocycles. The maximum Gasteiger partial charge on any atom is 0.233 e. The molecule has 0 spiro atoms. The molecular formula is C18H22N6O2. The Morgan fingerprint density at radius 2 is 2.08 bits per heavy atom. The summed E-state index contributed by atoms with van der Waals surface area (Å²) in [7, 11) is 0. The summed E-state index contributed by atoms with van der Waals surface area (Å²) in [6, 6.07) is 1.67. The van der Waals surface area contributed by atoms with Crippen molar-refractivity contribution in [3.63, 3.8) is 0 Å². The van der Waals surface area contributed by atoms with Crippen LogP contribution in [0.4, 0.5) is 0 Å². The van der Waals surface area contributed by atoms with E-state index >= 15 is 0 Å². The van der Waals surface area contributed by atoms with E-state index in [1.54, 1.807) is 10.9 Å². The molecule has 0 bridgehead atoms. The Labute approximate surface area is 151 Å². The first-order valence-corrected chi connectivity index (χ1v) is 8.48. The van der Waals surface area contributed by atoms with Gasteiger partial charge in [0.05, 0.1) is 29.5 Å². The zero-order valence-corrected chi connectivity index (χ0v) is 15.4. The molecule has 1 amide bonds. The van der Waals surface area contributed by atoms with Crippen molar-refractivity contribution in [2.24, 2.45) is 0 Å². The number of rotatable bonds is 6. The van der Waals surface area contributed by atoms with Gasteiger partial charge in [-0.2, -0.15) is 5.10 Å². The number of amides is 1. The van der Waals surface area contributed by atoms with Gasteiger partial charge in [-0.15, -0.1) is 0 Å². The van der Waals surface area contributed by atoms with Crippen molar-refractivity contribution < 1.29 is 9.59 Å². The second-order valence-corrected chi connectivity index (χ2v) is 6.44. The average molecular weight is 354 g/mol. The third-order valence-electron chi connectivity index (χ3n) is 4.33. The molecule has 3 aromatic heterocycles. The van der Waals surface area contributed by atoms with Crippen LogP contribution in [0.25, 0.3) is 5.78 Å². The van der Waals surface area contributed by atoms with Crippen LogP contribution in [0.5, 0.6) is 0 Å². The van der Waals surface area contributed by atoms with Crippen LogP contribution in [-0.2, 0) is 11.3 Å². The number of hydrogen-bond donors (Lipinski definition) is 1. The summed E-state index contributed by atoms with van der Waals surface area (Å²) in [6.45, 7) is 7.45. The van der Waals surface area contributed by atoms with E-state index in [2.05, 4.69) is 20.4 Å². The molecule has 3 rings (SSSR count). The molecule has 0 saturated heterocycles. The van der Waals surface area contributed by atoms with E-state index in [9.17, 15) is 9.59 Å². The van der Waals surface area contributed by atoms with Crippen molar-refractivity contribution in [3.8, 4) is 0 Å². The van der Waals surface area contributed by atoms with Crippen LogP contribution < -0.4 is 5.32 Å². The normalized spacial score (nSPS) is 12.3. The van der Waals surface area contributed by atoms with Crippen LogP contribution >= 0.6 is 0 Å². The Morgan fingerprint density at radius 1 is 1.31 bits per heavy atom. The SMILES string of the molecule is CC(=O)c1c(C)nn([C@@H](C)CC(=O)NCc2cn3cccnc3n2)c1C. The summed E-state index contributed by atoms with van der Waals surface area (Å²) in [4.78, 5) is 32.5. The molecule has 136 valence electrons. The van der Waals surface area contributed by atoms with E-state index < -0.39 is 0 Å². The lowest BCUT2D eigenvalue weighted by Crippen LogP contribution is -2.26. The van der Waals surface area contributed by atoms with Gasteiger partial charge in [-0.3, -0.25) is 18.7 Å². The highest BCUT2D eigenvalue weighted by atomic mass is 16.1. The van der Waals surface area contributed by atoms with Gasteiger partial charge in [0, 0.05) is 30.7 Å². The molecule has 0 radical (unpaired) electrons. The lowest BCUT2D eigenvalue weighted by atomic mass is 10.1. The molecule has 1 N–H and O–H groups in total. The Morgan fingerprint density at radius 3 is 2.73 bits per heavy atom. The molecule has 1 atom stereocenters. The summed E-state index contributed by atoms with van der Waals surface area (Å²) in [6.07, 6.45) is 5.64. The fourth-order valence-electron chi connectivity index (χ4n) is 3.18. The van der Waals surface area contributed by atoms with Gasteiger partial charge in [0.1, 0.15) is 0 Å². The zero-order chi connectivity index (χ0) is 18.8. The van der Waals surface area contributed by atoms with Crippen molar-refractivity contribution in [2.45, 2.75) is 46.7 Å². The third-order valence-corrected chi connectivity index (χ3v) is 4.33. The molecule has 8 nitrogen and oxygen atoms in total. The quantitative estimate of drug-likeness (QED) is 0.684. The zero-order valence-electron chi connectivity index (χ0n) is 15.4. The number of fused-ring (bicyclic) bond motifs is 1. The Balaban J connectivity index is 1.62. The minimum atomic E-state index is -0.149. The van der Waals surface area contributed by atoms with Crippen molar-refractivity contribution in [1.29, 1.82) is 0 Å². The van der Waals surface area contributed by atoms with Crippen molar-refractivity contribution in [3.05, 3.63) is 47.3 Å². The predicted octanol–water partition coefficient (Wildman–Crippen LogP) is 2.01.